The van der Waals surface area contributed by atoms with E-state index in [1.165, 1.54) is 39.0 Å². The van der Waals surface area contributed by atoms with Crippen LogP contribution >= 0.6 is 0 Å². The van der Waals surface area contributed by atoms with E-state index in [1.807, 2.05) is 17.0 Å². The number of pyridine rings is 1. The van der Waals surface area contributed by atoms with Crippen LogP contribution in [-0.2, 0) is 0 Å². The summed E-state index contributed by atoms with van der Waals surface area (Å²) in [5.41, 5.74) is 0.792. The average Bonchev–Trinajstić information content (AvgIpc) is 3.28. The standard InChI is InChI=1S/C22H35N5O/c1-18(25-15-13-24(2)14-16-25)19-6-11-26(12-7-19)21-17-20(5-8-23-21)22(28)27-9-3-4-10-27/h5,8,17-19H,3-4,6-7,9-16H2,1-2H3/t18-/m0/s1. The predicted molar refractivity (Wildman–Crippen MR) is 113 cm³/mol. The molecule has 28 heavy (non-hydrogen) atoms. The van der Waals surface area contributed by atoms with Gasteiger partial charge in [0.15, 0.2) is 0 Å². The van der Waals surface area contributed by atoms with Crippen LogP contribution in [0.4, 0.5) is 5.82 Å². The van der Waals surface area contributed by atoms with E-state index in [0.717, 1.165) is 56.3 Å². The summed E-state index contributed by atoms with van der Waals surface area (Å²) in [6.45, 7) is 11.0. The van der Waals surface area contributed by atoms with Gasteiger partial charge in [-0.1, -0.05) is 0 Å². The molecule has 0 radical (unpaired) electrons. The first-order valence-corrected chi connectivity index (χ1v) is 11.0. The molecule has 1 aromatic heterocycles. The average molecular weight is 386 g/mol. The Morgan fingerprint density at radius 2 is 1.71 bits per heavy atom. The molecule has 3 aliphatic heterocycles. The van der Waals surface area contributed by atoms with Gasteiger partial charge in [-0.25, -0.2) is 4.98 Å². The lowest BCUT2D eigenvalue weighted by Gasteiger charge is -2.43. The molecule has 6 heteroatoms. The normalized spacial score (nSPS) is 23.9. The molecule has 3 saturated heterocycles. The van der Waals surface area contributed by atoms with Gasteiger partial charge in [-0.3, -0.25) is 9.69 Å². The Bertz CT molecular complexity index is 659. The summed E-state index contributed by atoms with van der Waals surface area (Å²) >= 11 is 0. The van der Waals surface area contributed by atoms with Gasteiger partial charge >= 0.3 is 0 Å². The highest BCUT2D eigenvalue weighted by molar-refractivity contribution is 5.95. The third kappa shape index (κ3) is 4.33. The zero-order valence-corrected chi connectivity index (χ0v) is 17.5. The molecule has 0 N–H and O–H groups in total. The molecule has 4 heterocycles. The highest BCUT2D eigenvalue weighted by Gasteiger charge is 2.30. The van der Waals surface area contributed by atoms with Crippen molar-refractivity contribution in [3.05, 3.63) is 23.9 Å². The molecule has 0 spiro atoms. The minimum absolute atomic E-state index is 0.166. The maximum absolute atomic E-state index is 12.7. The summed E-state index contributed by atoms with van der Waals surface area (Å²) < 4.78 is 0. The zero-order valence-electron chi connectivity index (χ0n) is 17.5. The van der Waals surface area contributed by atoms with Crippen LogP contribution in [0.2, 0.25) is 0 Å². The van der Waals surface area contributed by atoms with Crippen molar-refractivity contribution < 1.29 is 4.79 Å². The number of hydrogen-bond acceptors (Lipinski definition) is 5. The largest absolute Gasteiger partial charge is 0.357 e. The van der Waals surface area contributed by atoms with E-state index >= 15 is 0 Å². The van der Waals surface area contributed by atoms with Gasteiger partial charge in [-0.15, -0.1) is 0 Å². The molecule has 1 aromatic rings. The molecule has 1 atom stereocenters. The fourth-order valence-corrected chi connectivity index (χ4v) is 4.97. The summed E-state index contributed by atoms with van der Waals surface area (Å²) in [6, 6.07) is 4.53. The van der Waals surface area contributed by atoms with E-state index in [2.05, 4.69) is 33.7 Å². The van der Waals surface area contributed by atoms with Crippen molar-refractivity contribution in [3.8, 4) is 0 Å². The smallest absolute Gasteiger partial charge is 0.254 e. The summed E-state index contributed by atoms with van der Waals surface area (Å²) in [4.78, 5) is 26.7. The molecule has 154 valence electrons. The van der Waals surface area contributed by atoms with Crippen molar-refractivity contribution in [2.24, 2.45) is 5.92 Å². The monoisotopic (exact) mass is 385 g/mol. The number of amides is 1. The SMILES string of the molecule is C[C@@H](C1CCN(c2cc(C(=O)N3CCCC3)ccn2)CC1)N1CCN(C)CC1. The van der Waals surface area contributed by atoms with E-state index < -0.39 is 0 Å². The first-order chi connectivity index (χ1) is 13.6. The minimum atomic E-state index is 0.166. The Labute approximate surface area is 169 Å². The Balaban J connectivity index is 1.33. The van der Waals surface area contributed by atoms with E-state index in [1.54, 1.807) is 6.20 Å². The van der Waals surface area contributed by atoms with Crippen LogP contribution in [0.5, 0.6) is 0 Å². The van der Waals surface area contributed by atoms with Crippen molar-refractivity contribution >= 4 is 11.7 Å². The molecule has 0 aromatic carbocycles. The molecular formula is C22H35N5O. The highest BCUT2D eigenvalue weighted by Crippen LogP contribution is 2.27. The number of carbonyl (C=O) groups excluding carboxylic acids is 1. The molecule has 3 aliphatic rings. The van der Waals surface area contributed by atoms with Crippen LogP contribution in [0.25, 0.3) is 0 Å². The molecule has 0 saturated carbocycles. The van der Waals surface area contributed by atoms with Crippen LogP contribution in [0.1, 0.15) is 43.0 Å². The van der Waals surface area contributed by atoms with Gasteiger partial charge in [0.1, 0.15) is 5.82 Å². The number of piperazine rings is 1. The summed E-state index contributed by atoms with van der Waals surface area (Å²) in [7, 11) is 2.22. The van der Waals surface area contributed by atoms with E-state index in [9.17, 15) is 4.79 Å². The fraction of sp³-hybridized carbons (Fsp3) is 0.727. The Hall–Kier alpha value is -1.66. The van der Waals surface area contributed by atoms with Gasteiger partial charge in [-0.05, 0) is 57.7 Å². The fourth-order valence-electron chi connectivity index (χ4n) is 4.97. The molecule has 4 rings (SSSR count). The molecule has 0 bridgehead atoms. The number of nitrogens with zero attached hydrogens (tertiary/aromatic N) is 5. The van der Waals surface area contributed by atoms with E-state index in [4.69, 9.17) is 0 Å². The second-order valence-electron chi connectivity index (χ2n) is 8.81. The quantitative estimate of drug-likeness (QED) is 0.795. The van der Waals surface area contributed by atoms with Crippen molar-refractivity contribution in [2.45, 2.75) is 38.6 Å². The Kier molecular flexibility index (Phi) is 6.16. The topological polar surface area (TPSA) is 42.9 Å². The number of likely N-dealkylation sites (tertiary alicyclic amines) is 1. The maximum atomic E-state index is 12.7. The van der Waals surface area contributed by atoms with Gasteiger partial charge in [0.2, 0.25) is 0 Å². The van der Waals surface area contributed by atoms with Crippen LogP contribution in [0.3, 0.4) is 0 Å². The van der Waals surface area contributed by atoms with E-state index in [-0.39, 0.29) is 5.91 Å². The number of likely N-dealkylation sites (N-methyl/N-ethyl adjacent to an activating group) is 1. The highest BCUT2D eigenvalue weighted by atomic mass is 16.2. The van der Waals surface area contributed by atoms with Gasteiger partial charge in [0.25, 0.3) is 5.91 Å². The second-order valence-corrected chi connectivity index (χ2v) is 8.81. The lowest BCUT2D eigenvalue weighted by atomic mass is 9.89. The van der Waals surface area contributed by atoms with E-state index in [0.29, 0.717) is 6.04 Å². The number of carbonyl (C=O) groups is 1. The van der Waals surface area contributed by atoms with Crippen molar-refractivity contribution in [2.75, 3.05) is 64.3 Å². The molecule has 0 aliphatic carbocycles. The van der Waals surface area contributed by atoms with Crippen molar-refractivity contribution in [1.29, 1.82) is 0 Å². The zero-order chi connectivity index (χ0) is 19.5. The minimum Gasteiger partial charge on any atom is -0.357 e. The summed E-state index contributed by atoms with van der Waals surface area (Å²) in [5, 5.41) is 0. The lowest BCUT2D eigenvalue weighted by Crippen LogP contribution is -2.51. The third-order valence-corrected chi connectivity index (χ3v) is 7.05. The summed E-state index contributed by atoms with van der Waals surface area (Å²) in [6.07, 6.45) is 6.47. The van der Waals surface area contributed by atoms with Crippen molar-refractivity contribution in [1.82, 2.24) is 19.7 Å². The van der Waals surface area contributed by atoms with Crippen LogP contribution in [-0.4, -0.2) is 91.0 Å². The summed E-state index contributed by atoms with van der Waals surface area (Å²) in [5.74, 6) is 1.89. The van der Waals surface area contributed by atoms with Gasteiger partial charge in [0, 0.05) is 70.2 Å². The van der Waals surface area contributed by atoms with Crippen LogP contribution in [0, 0.1) is 5.92 Å². The Morgan fingerprint density at radius 3 is 2.39 bits per heavy atom. The number of aromatic nitrogens is 1. The Morgan fingerprint density at radius 1 is 1.04 bits per heavy atom. The second kappa shape index (κ2) is 8.78. The predicted octanol–water partition coefficient (Wildman–Crippen LogP) is 2.17. The third-order valence-electron chi connectivity index (χ3n) is 7.05. The first kappa shape index (κ1) is 19.6. The van der Waals surface area contributed by atoms with Gasteiger partial charge in [-0.2, -0.15) is 0 Å². The number of hydrogen-bond donors (Lipinski definition) is 0. The molecule has 3 fully saturated rings. The molecule has 1 amide bonds. The molecular weight excluding hydrogens is 350 g/mol. The molecule has 0 unspecified atom stereocenters. The van der Waals surface area contributed by atoms with Crippen LogP contribution < -0.4 is 4.90 Å². The van der Waals surface area contributed by atoms with Crippen molar-refractivity contribution in [3.63, 3.8) is 0 Å². The molecule has 6 nitrogen and oxygen atoms in total. The van der Waals surface area contributed by atoms with Crippen LogP contribution in [0.15, 0.2) is 18.3 Å². The lowest BCUT2D eigenvalue weighted by molar-refractivity contribution is 0.0792. The number of piperidine rings is 1. The maximum Gasteiger partial charge on any atom is 0.254 e. The number of anilines is 1. The van der Waals surface area contributed by atoms with Gasteiger partial charge < -0.3 is 14.7 Å². The number of rotatable bonds is 4. The first-order valence-electron chi connectivity index (χ1n) is 11.0. The van der Waals surface area contributed by atoms with Gasteiger partial charge in [0.05, 0.1) is 0 Å².